The Morgan fingerprint density at radius 3 is 3.00 bits per heavy atom. The number of aromatic nitrogens is 2. The Morgan fingerprint density at radius 1 is 1.50 bits per heavy atom. The molecule has 124 valence electrons. The van der Waals surface area contributed by atoms with Crippen molar-refractivity contribution in [2.45, 2.75) is 0 Å². The van der Waals surface area contributed by atoms with Gasteiger partial charge in [0.05, 0.1) is 6.61 Å². The first-order valence-electron chi connectivity index (χ1n) is 7.19. The lowest BCUT2D eigenvalue weighted by Gasteiger charge is -2.18. The Bertz CT molecular complexity index is 881. The van der Waals surface area contributed by atoms with Gasteiger partial charge >= 0.3 is 5.97 Å². The number of rotatable bonds is 5. The van der Waals surface area contributed by atoms with Gasteiger partial charge < -0.3 is 24.8 Å². The molecule has 0 amide bonds. The predicted molar refractivity (Wildman–Crippen MR) is 84.5 cm³/mol. The molecule has 2 aromatic rings. The average molecular weight is 329 g/mol. The number of ketones is 1. The zero-order valence-corrected chi connectivity index (χ0v) is 12.8. The molecule has 0 aliphatic carbocycles. The largest absolute Gasteiger partial charge is 0.477 e. The van der Waals surface area contributed by atoms with Crippen molar-refractivity contribution >= 4 is 28.9 Å². The minimum absolute atomic E-state index is 0.0780. The number of nitrogens with zero attached hydrogens (tertiary/aromatic N) is 2. The van der Waals surface area contributed by atoms with Gasteiger partial charge in [0, 0.05) is 36.9 Å². The molecule has 0 atom stereocenters. The van der Waals surface area contributed by atoms with Gasteiger partial charge in [-0.3, -0.25) is 4.79 Å². The SMILES string of the molecule is CN(CCO)C1=C(C(=O)O)C(=O)C(=Cc2c[nH]c3ncccc23)O1. The summed E-state index contributed by atoms with van der Waals surface area (Å²) in [5.74, 6) is -2.24. The standard InChI is InChI=1S/C16H15N3O5/c1-19(5-6-20)15-12(16(22)23)13(21)11(24-15)7-9-8-18-14-10(9)3-2-4-17-14/h2-4,7-8,20H,5-6H2,1H3,(H,17,18)(H,22,23). The summed E-state index contributed by atoms with van der Waals surface area (Å²) in [5.41, 5.74) is 0.867. The summed E-state index contributed by atoms with van der Waals surface area (Å²) in [6, 6.07) is 3.59. The molecule has 8 heteroatoms. The molecule has 2 aromatic heterocycles. The third-order valence-electron chi connectivity index (χ3n) is 3.64. The number of likely N-dealkylation sites (N-methyl/N-ethyl adjacent to an activating group) is 1. The van der Waals surface area contributed by atoms with Crippen molar-refractivity contribution in [2.24, 2.45) is 0 Å². The van der Waals surface area contributed by atoms with Crippen molar-refractivity contribution in [3.05, 3.63) is 47.3 Å². The molecular formula is C16H15N3O5. The smallest absolute Gasteiger partial charge is 0.345 e. The number of hydrogen-bond acceptors (Lipinski definition) is 6. The van der Waals surface area contributed by atoms with Crippen molar-refractivity contribution in [2.75, 3.05) is 20.2 Å². The number of H-pyrrole nitrogens is 1. The predicted octanol–water partition coefficient (Wildman–Crippen LogP) is 0.723. The van der Waals surface area contributed by atoms with Gasteiger partial charge in [-0.2, -0.15) is 0 Å². The van der Waals surface area contributed by atoms with Gasteiger partial charge in [-0.25, -0.2) is 9.78 Å². The fourth-order valence-corrected chi connectivity index (χ4v) is 2.46. The highest BCUT2D eigenvalue weighted by atomic mass is 16.5. The van der Waals surface area contributed by atoms with Crippen LogP contribution in [0.5, 0.6) is 0 Å². The molecule has 0 saturated carbocycles. The van der Waals surface area contributed by atoms with E-state index in [1.807, 2.05) is 6.07 Å². The van der Waals surface area contributed by atoms with E-state index in [-0.39, 0.29) is 24.8 Å². The highest BCUT2D eigenvalue weighted by Gasteiger charge is 2.37. The molecule has 0 aromatic carbocycles. The molecule has 1 aliphatic heterocycles. The number of aliphatic carboxylic acids is 1. The van der Waals surface area contributed by atoms with Crippen LogP contribution in [0.25, 0.3) is 17.1 Å². The fraction of sp³-hybridized carbons (Fsp3) is 0.188. The van der Waals surface area contributed by atoms with Crippen molar-refractivity contribution in [1.29, 1.82) is 0 Å². The summed E-state index contributed by atoms with van der Waals surface area (Å²) in [5, 5.41) is 19.1. The minimum Gasteiger partial charge on any atom is -0.477 e. The highest BCUT2D eigenvalue weighted by Crippen LogP contribution is 2.29. The number of carboxylic acids is 1. The van der Waals surface area contributed by atoms with E-state index < -0.39 is 17.3 Å². The van der Waals surface area contributed by atoms with E-state index >= 15 is 0 Å². The quantitative estimate of drug-likeness (QED) is 0.547. The lowest BCUT2D eigenvalue weighted by molar-refractivity contribution is -0.134. The summed E-state index contributed by atoms with van der Waals surface area (Å²) in [4.78, 5) is 32.3. The zero-order valence-electron chi connectivity index (χ0n) is 12.8. The number of hydrogen-bond donors (Lipinski definition) is 3. The monoisotopic (exact) mass is 329 g/mol. The summed E-state index contributed by atoms with van der Waals surface area (Å²) < 4.78 is 5.48. The van der Waals surface area contributed by atoms with Crippen LogP contribution in [0.15, 0.2) is 41.7 Å². The number of carbonyl (C=O) groups is 2. The van der Waals surface area contributed by atoms with Crippen molar-refractivity contribution in [3.8, 4) is 0 Å². The minimum atomic E-state index is -1.37. The van der Waals surface area contributed by atoms with E-state index in [4.69, 9.17) is 9.84 Å². The second-order valence-corrected chi connectivity index (χ2v) is 5.21. The van der Waals surface area contributed by atoms with E-state index in [9.17, 15) is 14.7 Å². The maximum absolute atomic E-state index is 12.4. The topological polar surface area (TPSA) is 116 Å². The Labute approximate surface area is 136 Å². The summed E-state index contributed by atoms with van der Waals surface area (Å²) in [6.07, 6.45) is 4.78. The average Bonchev–Trinajstić information content (AvgIpc) is 3.10. The number of aliphatic hydroxyl groups excluding tert-OH is 1. The van der Waals surface area contributed by atoms with Gasteiger partial charge in [-0.1, -0.05) is 0 Å². The molecule has 0 radical (unpaired) electrons. The number of carbonyl (C=O) groups excluding carboxylic acids is 1. The van der Waals surface area contributed by atoms with Gasteiger partial charge in [0.1, 0.15) is 5.65 Å². The number of nitrogens with one attached hydrogen (secondary N) is 1. The van der Waals surface area contributed by atoms with Gasteiger partial charge in [-0.15, -0.1) is 0 Å². The van der Waals surface area contributed by atoms with Crippen LogP contribution in [0.4, 0.5) is 0 Å². The molecule has 0 fully saturated rings. The molecular weight excluding hydrogens is 314 g/mol. The van der Waals surface area contributed by atoms with Crippen LogP contribution in [0.3, 0.4) is 0 Å². The van der Waals surface area contributed by atoms with E-state index in [0.717, 1.165) is 5.39 Å². The van der Waals surface area contributed by atoms with E-state index in [1.165, 1.54) is 11.0 Å². The highest BCUT2D eigenvalue weighted by molar-refractivity contribution is 6.26. The van der Waals surface area contributed by atoms with Gasteiger partial charge in [0.15, 0.2) is 11.3 Å². The maximum Gasteiger partial charge on any atom is 0.345 e. The molecule has 24 heavy (non-hydrogen) atoms. The van der Waals surface area contributed by atoms with Crippen LogP contribution in [0.2, 0.25) is 0 Å². The molecule has 0 unspecified atom stereocenters. The first-order chi connectivity index (χ1) is 11.5. The maximum atomic E-state index is 12.4. The van der Waals surface area contributed by atoms with Crippen molar-refractivity contribution in [3.63, 3.8) is 0 Å². The van der Waals surface area contributed by atoms with Crippen molar-refractivity contribution in [1.82, 2.24) is 14.9 Å². The first-order valence-corrected chi connectivity index (χ1v) is 7.19. The number of pyridine rings is 1. The number of aromatic amines is 1. The number of carboxylic acid groups (broad SMARTS) is 1. The van der Waals surface area contributed by atoms with Gasteiger partial charge in [-0.05, 0) is 18.2 Å². The van der Waals surface area contributed by atoms with Crippen LogP contribution in [0, 0.1) is 0 Å². The molecule has 0 spiro atoms. The normalized spacial score (nSPS) is 16.1. The second-order valence-electron chi connectivity index (χ2n) is 5.21. The van der Waals surface area contributed by atoms with Crippen LogP contribution < -0.4 is 0 Å². The second kappa shape index (κ2) is 6.17. The zero-order chi connectivity index (χ0) is 17.3. The van der Waals surface area contributed by atoms with Gasteiger partial charge in [0.2, 0.25) is 11.7 Å². The van der Waals surface area contributed by atoms with E-state index in [2.05, 4.69) is 9.97 Å². The summed E-state index contributed by atoms with van der Waals surface area (Å²) in [6.45, 7) is -0.0543. The molecule has 0 saturated heterocycles. The van der Waals surface area contributed by atoms with Crippen LogP contribution >= 0.6 is 0 Å². The molecule has 3 N–H and O–H groups in total. The third kappa shape index (κ3) is 2.63. The molecule has 3 rings (SSSR count). The summed E-state index contributed by atoms with van der Waals surface area (Å²) >= 11 is 0. The van der Waals surface area contributed by atoms with E-state index in [0.29, 0.717) is 11.2 Å². The number of aliphatic hydroxyl groups is 1. The molecule has 1 aliphatic rings. The van der Waals surface area contributed by atoms with Crippen LogP contribution in [-0.2, 0) is 14.3 Å². The number of allylic oxidation sites excluding steroid dienone is 1. The third-order valence-corrected chi connectivity index (χ3v) is 3.64. The Hall–Kier alpha value is -3.13. The Balaban J connectivity index is 2.00. The van der Waals surface area contributed by atoms with Crippen LogP contribution in [-0.4, -0.2) is 57.0 Å². The fourth-order valence-electron chi connectivity index (χ4n) is 2.46. The first kappa shape index (κ1) is 15.8. The molecule has 8 nitrogen and oxygen atoms in total. The van der Waals surface area contributed by atoms with Crippen molar-refractivity contribution < 1.29 is 24.5 Å². The number of Topliss-reactive ketones (excluding diaryl/α,β-unsaturated/α-hetero) is 1. The molecule has 3 heterocycles. The number of fused-ring (bicyclic) bond motifs is 1. The summed E-state index contributed by atoms with van der Waals surface area (Å²) in [7, 11) is 1.54. The molecule has 0 bridgehead atoms. The van der Waals surface area contributed by atoms with Crippen LogP contribution in [0.1, 0.15) is 5.56 Å². The Kier molecular flexibility index (Phi) is 4.05. The number of ether oxygens (including phenoxy) is 1. The lowest BCUT2D eigenvalue weighted by atomic mass is 10.1. The Morgan fingerprint density at radius 2 is 2.29 bits per heavy atom. The van der Waals surface area contributed by atoms with Gasteiger partial charge in [0.25, 0.3) is 0 Å². The van der Waals surface area contributed by atoms with E-state index in [1.54, 1.807) is 25.5 Å². The lowest BCUT2D eigenvalue weighted by Crippen LogP contribution is -2.24.